The van der Waals surface area contributed by atoms with E-state index in [1.54, 1.807) is 24.3 Å². The van der Waals surface area contributed by atoms with Crippen molar-refractivity contribution in [3.05, 3.63) is 168 Å². The molecule has 5 aromatic rings. The van der Waals surface area contributed by atoms with Crippen molar-refractivity contribution in [1.82, 2.24) is 0 Å². The lowest BCUT2D eigenvalue weighted by atomic mass is 9.90. The zero-order valence-corrected chi connectivity index (χ0v) is 26.9. The number of nitrogens with one attached hydrogen (secondary N) is 2. The van der Waals surface area contributed by atoms with Crippen molar-refractivity contribution in [3.63, 3.8) is 0 Å². The summed E-state index contributed by atoms with van der Waals surface area (Å²) < 4.78 is 64.0. The highest BCUT2D eigenvalue weighted by atomic mass is 32.2. The van der Waals surface area contributed by atoms with Crippen molar-refractivity contribution < 1.29 is 25.9 Å². The Kier molecular flexibility index (Phi) is 9.19. The second-order valence-corrected chi connectivity index (χ2v) is 13.6. The molecule has 0 fully saturated rings. The van der Waals surface area contributed by atoms with Crippen LogP contribution in [0.2, 0.25) is 0 Å². The summed E-state index contributed by atoms with van der Waals surface area (Å²) in [7, 11) is -8.55. The van der Waals surface area contributed by atoms with Crippen LogP contribution in [0.5, 0.6) is 0 Å². The van der Waals surface area contributed by atoms with Crippen LogP contribution in [-0.4, -0.2) is 31.7 Å². The molecule has 48 heavy (non-hydrogen) atoms. The van der Waals surface area contributed by atoms with E-state index in [1.807, 2.05) is 103 Å². The average Bonchev–Trinajstić information content (AvgIpc) is 3.07. The predicted molar refractivity (Wildman–Crippen MR) is 190 cm³/mol. The molecule has 0 saturated carbocycles. The first-order chi connectivity index (χ1) is 23.0. The van der Waals surface area contributed by atoms with Crippen molar-refractivity contribution in [3.8, 4) is 0 Å². The second kappa shape index (κ2) is 13.6. The van der Waals surface area contributed by atoms with Gasteiger partial charge in [0, 0.05) is 22.7 Å². The van der Waals surface area contributed by atoms with E-state index in [1.165, 1.54) is 24.3 Å². The van der Waals surface area contributed by atoms with E-state index in [2.05, 4.69) is 10.6 Å². The molecule has 6 rings (SSSR count). The molecule has 0 bridgehead atoms. The van der Waals surface area contributed by atoms with E-state index in [4.69, 9.17) is 4.99 Å². The minimum absolute atomic E-state index is 0.179. The number of para-hydroxylation sites is 1. The van der Waals surface area contributed by atoms with E-state index in [9.17, 15) is 25.9 Å². The zero-order valence-electron chi connectivity index (χ0n) is 25.2. The van der Waals surface area contributed by atoms with Gasteiger partial charge in [0.2, 0.25) is 0 Å². The molecule has 1 aliphatic carbocycles. The molecule has 0 amide bonds. The molecular formula is C37H29N3O6S2. The minimum Gasteiger partial charge on any atom is -0.356 e. The molecule has 0 aromatic heterocycles. The summed E-state index contributed by atoms with van der Waals surface area (Å²) in [5.74, 6) is 0. The molecule has 240 valence electrons. The molecule has 9 nitrogen and oxygen atoms in total. The van der Waals surface area contributed by atoms with Crippen LogP contribution in [0, 0.1) is 0 Å². The Balaban J connectivity index is 1.29. The highest BCUT2D eigenvalue weighted by Gasteiger charge is 2.13. The molecule has 0 aliphatic heterocycles. The minimum atomic E-state index is -4.27. The topological polar surface area (TPSA) is 145 Å². The lowest BCUT2D eigenvalue weighted by molar-refractivity contribution is 0.481. The number of hydrogen-bond donors (Lipinski definition) is 4. The Morgan fingerprint density at radius 2 is 0.854 bits per heavy atom. The molecule has 4 N–H and O–H groups in total. The molecule has 0 unspecified atom stereocenters. The van der Waals surface area contributed by atoms with Gasteiger partial charge in [0.15, 0.2) is 0 Å². The Labute approximate surface area is 278 Å². The van der Waals surface area contributed by atoms with Crippen LogP contribution >= 0.6 is 0 Å². The summed E-state index contributed by atoms with van der Waals surface area (Å²) in [5, 5.41) is 6.50. The first-order valence-electron chi connectivity index (χ1n) is 14.7. The largest absolute Gasteiger partial charge is 0.356 e. The Hall–Kier alpha value is -5.59. The van der Waals surface area contributed by atoms with Crippen LogP contribution < -0.4 is 10.6 Å². The quantitative estimate of drug-likeness (QED) is 0.114. The smallest absolute Gasteiger partial charge is 0.294 e. The molecule has 0 spiro atoms. The molecule has 0 heterocycles. The molecule has 0 radical (unpaired) electrons. The summed E-state index contributed by atoms with van der Waals surface area (Å²) in [5.41, 5.74) is 8.45. The second-order valence-electron chi connectivity index (χ2n) is 10.8. The van der Waals surface area contributed by atoms with Gasteiger partial charge in [0.1, 0.15) is 0 Å². The van der Waals surface area contributed by atoms with Gasteiger partial charge in [-0.3, -0.25) is 9.11 Å². The average molecular weight is 676 g/mol. The van der Waals surface area contributed by atoms with Gasteiger partial charge >= 0.3 is 0 Å². The predicted octanol–water partition coefficient (Wildman–Crippen LogP) is 8.37. The lowest BCUT2D eigenvalue weighted by Crippen LogP contribution is -1.99. The number of rotatable bonds is 9. The van der Waals surface area contributed by atoms with E-state index >= 15 is 0 Å². The van der Waals surface area contributed by atoms with Crippen molar-refractivity contribution in [2.45, 2.75) is 9.79 Å². The van der Waals surface area contributed by atoms with Gasteiger partial charge in [-0.1, -0.05) is 54.6 Å². The van der Waals surface area contributed by atoms with Crippen molar-refractivity contribution in [2.24, 2.45) is 4.99 Å². The number of anilines is 4. The summed E-state index contributed by atoms with van der Waals surface area (Å²) >= 11 is 0. The van der Waals surface area contributed by atoms with Crippen molar-refractivity contribution in [2.75, 3.05) is 10.6 Å². The standard InChI is InChI=1S/C37H29N3O6S2/c41-47(42,43)35-22-18-33(19-23-35)39-31-14-8-27(9-15-31)37(26-6-12-30(13-7-26)38-29-4-2-1-3-5-29)28-10-16-32(17-11-28)40-34-20-24-36(25-21-34)48(44,45)46/h1-25,39-40H,(H,41,42,43)(H,44,45,46). The van der Waals surface area contributed by atoms with Gasteiger partial charge in [-0.2, -0.15) is 16.8 Å². The Morgan fingerprint density at radius 1 is 0.479 bits per heavy atom. The fourth-order valence-electron chi connectivity index (χ4n) is 5.05. The number of aliphatic imine (C=N–C) groups is 1. The highest BCUT2D eigenvalue weighted by Crippen LogP contribution is 2.32. The maximum absolute atomic E-state index is 11.4. The lowest BCUT2D eigenvalue weighted by Gasteiger charge is -2.16. The van der Waals surface area contributed by atoms with Gasteiger partial charge in [-0.25, -0.2) is 4.99 Å². The Bertz CT molecular complexity index is 2140. The van der Waals surface area contributed by atoms with E-state index in [0.29, 0.717) is 11.4 Å². The van der Waals surface area contributed by atoms with E-state index < -0.39 is 20.2 Å². The van der Waals surface area contributed by atoms with Crippen LogP contribution in [0.1, 0.15) is 11.1 Å². The van der Waals surface area contributed by atoms with Crippen molar-refractivity contribution >= 4 is 60.0 Å². The molecule has 0 atom stereocenters. The molecule has 11 heteroatoms. The molecule has 5 aromatic carbocycles. The van der Waals surface area contributed by atoms with Crippen LogP contribution in [0.15, 0.2) is 172 Å². The van der Waals surface area contributed by atoms with Crippen LogP contribution in [0.4, 0.5) is 28.4 Å². The van der Waals surface area contributed by atoms with Crippen LogP contribution in [0.3, 0.4) is 0 Å². The van der Waals surface area contributed by atoms with Gasteiger partial charge in [0.05, 0.1) is 21.2 Å². The Morgan fingerprint density at radius 3 is 1.23 bits per heavy atom. The summed E-state index contributed by atoms with van der Waals surface area (Å²) in [6.07, 6.45) is 8.01. The maximum Gasteiger partial charge on any atom is 0.294 e. The third-order valence-corrected chi connectivity index (χ3v) is 9.13. The van der Waals surface area contributed by atoms with E-state index in [-0.39, 0.29) is 9.79 Å². The van der Waals surface area contributed by atoms with Gasteiger partial charge in [-0.15, -0.1) is 0 Å². The monoisotopic (exact) mass is 675 g/mol. The fourth-order valence-corrected chi connectivity index (χ4v) is 6.01. The number of benzene rings is 5. The van der Waals surface area contributed by atoms with Gasteiger partial charge < -0.3 is 10.6 Å². The van der Waals surface area contributed by atoms with Gasteiger partial charge in [0.25, 0.3) is 20.2 Å². The van der Waals surface area contributed by atoms with Gasteiger partial charge in [-0.05, 0) is 119 Å². The first kappa shape index (κ1) is 32.4. The summed E-state index contributed by atoms with van der Waals surface area (Å²) in [6, 6.07) is 37.1. The molecule has 1 aliphatic rings. The summed E-state index contributed by atoms with van der Waals surface area (Å²) in [4.78, 5) is 4.35. The fraction of sp³-hybridized carbons (Fsp3) is 0. The van der Waals surface area contributed by atoms with Crippen molar-refractivity contribution in [1.29, 1.82) is 0 Å². The third-order valence-electron chi connectivity index (χ3n) is 7.40. The zero-order chi connectivity index (χ0) is 33.7. The number of hydrogen-bond acceptors (Lipinski definition) is 7. The van der Waals surface area contributed by atoms with Crippen LogP contribution in [0.25, 0.3) is 5.57 Å². The normalized spacial score (nSPS) is 12.9. The number of nitrogens with zero attached hydrogens (tertiary/aromatic N) is 1. The van der Waals surface area contributed by atoms with E-state index in [0.717, 1.165) is 45.0 Å². The molecular weight excluding hydrogens is 647 g/mol. The van der Waals surface area contributed by atoms with Crippen LogP contribution in [-0.2, 0) is 20.2 Å². The number of allylic oxidation sites excluding steroid dienone is 5. The SMILES string of the molecule is O=S(=O)(O)c1ccc(Nc2ccc(C(=C3C=CC(=Nc4ccccc4)C=C3)c3ccc(Nc4ccc(S(=O)(=O)O)cc4)cc3)cc2)cc1. The first-order valence-corrected chi connectivity index (χ1v) is 17.5. The summed E-state index contributed by atoms with van der Waals surface area (Å²) in [6.45, 7) is 0. The third kappa shape index (κ3) is 8.03. The maximum atomic E-state index is 11.4. The molecule has 0 saturated heterocycles. The highest BCUT2D eigenvalue weighted by molar-refractivity contribution is 7.86.